The molecule has 0 aromatic heterocycles. The van der Waals surface area contributed by atoms with Crippen LogP contribution < -0.4 is 0 Å². The van der Waals surface area contributed by atoms with Crippen molar-refractivity contribution in [3.63, 3.8) is 0 Å². The van der Waals surface area contributed by atoms with Crippen molar-refractivity contribution in [3.05, 3.63) is 0 Å². The van der Waals surface area contributed by atoms with Crippen LogP contribution in [0.1, 0.15) is 58.3 Å². The van der Waals surface area contributed by atoms with Gasteiger partial charge in [0.1, 0.15) is 0 Å². The van der Waals surface area contributed by atoms with E-state index in [4.69, 9.17) is 19.5 Å². The molecule has 28 heavy (non-hydrogen) atoms. The van der Waals surface area contributed by atoms with Gasteiger partial charge in [-0.2, -0.15) is 17.2 Å². The molecule has 0 radical (unpaired) electrons. The molecule has 2 aliphatic carbocycles. The van der Waals surface area contributed by atoms with Crippen molar-refractivity contribution in [1.82, 2.24) is 0 Å². The molecule has 8 nitrogen and oxygen atoms in total. The number of aliphatic hydroxyl groups is 4. The van der Waals surface area contributed by atoms with E-state index in [1.165, 1.54) is 0 Å². The first-order valence-corrected chi connectivity index (χ1v) is 10.8. The second-order valence-corrected chi connectivity index (χ2v) is 10.3. The number of hydrogen-bond acceptors (Lipinski definition) is 7. The highest BCUT2D eigenvalue weighted by atomic mass is 32.2. The van der Waals surface area contributed by atoms with Crippen LogP contribution in [-0.2, 0) is 14.9 Å². The van der Waals surface area contributed by atoms with Crippen LogP contribution in [0.3, 0.4) is 0 Å². The fraction of sp³-hybridized carbons (Fsp3) is 1.00. The summed E-state index contributed by atoms with van der Waals surface area (Å²) in [4.78, 5) is 0. The molecular weight excluding hydrogens is 402 g/mol. The number of halogens is 2. The Morgan fingerprint density at radius 3 is 2.54 bits per heavy atom. The molecule has 0 spiro atoms. The highest BCUT2D eigenvalue weighted by Crippen LogP contribution is 2.54. The minimum Gasteiger partial charge on any atom is -0.390 e. The van der Waals surface area contributed by atoms with E-state index in [1.807, 2.05) is 6.92 Å². The lowest BCUT2D eigenvalue weighted by atomic mass is 9.57. The Hall–Kier alpha value is -0.430. The number of ether oxygens (including phenoxy) is 1. The van der Waals surface area contributed by atoms with E-state index in [0.29, 0.717) is 18.8 Å². The minimum absolute atomic E-state index is 0.0874. The SMILES string of the molecule is CC1(O)CC2CCCC(CCOCC(O)CC(F)(F)C(O)(O)S(=O)(=O)O)(C2)C1. The quantitative estimate of drug-likeness (QED) is 0.206. The van der Waals surface area contributed by atoms with Crippen molar-refractivity contribution >= 4 is 10.1 Å². The van der Waals surface area contributed by atoms with Crippen molar-refractivity contribution in [1.29, 1.82) is 0 Å². The lowest BCUT2D eigenvalue weighted by molar-refractivity contribution is -0.254. The first-order valence-electron chi connectivity index (χ1n) is 9.37. The Morgan fingerprint density at radius 1 is 1.29 bits per heavy atom. The van der Waals surface area contributed by atoms with Gasteiger partial charge in [0.15, 0.2) is 0 Å². The zero-order chi connectivity index (χ0) is 21.4. The average Bonchev–Trinajstić information content (AvgIpc) is 2.48. The van der Waals surface area contributed by atoms with Gasteiger partial charge in [-0.05, 0) is 50.4 Å². The fourth-order valence-corrected chi connectivity index (χ4v) is 5.38. The Labute approximate surface area is 163 Å². The molecule has 2 aliphatic rings. The first kappa shape index (κ1) is 23.8. The van der Waals surface area contributed by atoms with Crippen LogP contribution in [0.2, 0.25) is 0 Å². The van der Waals surface area contributed by atoms with E-state index in [0.717, 1.165) is 32.1 Å². The predicted octanol–water partition coefficient (Wildman–Crippen LogP) is 1.03. The molecule has 2 bridgehead atoms. The Kier molecular flexibility index (Phi) is 6.82. The van der Waals surface area contributed by atoms with Gasteiger partial charge in [-0.25, -0.2) is 0 Å². The average molecular weight is 432 g/mol. The second kappa shape index (κ2) is 8.01. The summed E-state index contributed by atoms with van der Waals surface area (Å²) in [6.07, 6.45) is 2.54. The summed E-state index contributed by atoms with van der Waals surface area (Å²) in [5.74, 6) is -4.26. The summed E-state index contributed by atoms with van der Waals surface area (Å²) in [7, 11) is -5.88. The van der Waals surface area contributed by atoms with Crippen molar-refractivity contribution in [2.45, 2.75) is 81.0 Å². The predicted molar refractivity (Wildman–Crippen MR) is 94.0 cm³/mol. The third kappa shape index (κ3) is 5.38. The van der Waals surface area contributed by atoms with Gasteiger partial charge in [0.05, 0.1) is 18.3 Å². The molecule has 2 saturated carbocycles. The van der Waals surface area contributed by atoms with Crippen LogP contribution in [0.4, 0.5) is 8.78 Å². The molecule has 0 aromatic carbocycles. The lowest BCUT2D eigenvalue weighted by Crippen LogP contribution is -2.55. The molecule has 0 aromatic rings. The van der Waals surface area contributed by atoms with Crippen molar-refractivity contribution in [2.75, 3.05) is 13.2 Å². The fourth-order valence-electron chi connectivity index (χ4n) is 4.92. The number of alkyl halides is 2. The van der Waals surface area contributed by atoms with Crippen molar-refractivity contribution in [3.8, 4) is 0 Å². The van der Waals surface area contributed by atoms with E-state index in [2.05, 4.69) is 0 Å². The van der Waals surface area contributed by atoms with Crippen LogP contribution in [-0.4, -0.2) is 69.4 Å². The van der Waals surface area contributed by atoms with Gasteiger partial charge in [-0.1, -0.05) is 12.8 Å². The molecule has 2 fully saturated rings. The van der Waals surface area contributed by atoms with Gasteiger partial charge in [0.25, 0.3) is 0 Å². The molecule has 0 heterocycles. The van der Waals surface area contributed by atoms with Crippen molar-refractivity contribution < 1.29 is 46.9 Å². The van der Waals surface area contributed by atoms with Gasteiger partial charge in [-0.3, -0.25) is 4.55 Å². The van der Waals surface area contributed by atoms with Gasteiger partial charge in [0, 0.05) is 13.0 Å². The monoisotopic (exact) mass is 432 g/mol. The summed E-state index contributed by atoms with van der Waals surface area (Å²) >= 11 is 0. The van der Waals surface area contributed by atoms with Gasteiger partial charge < -0.3 is 25.2 Å². The molecule has 2 rings (SSSR count). The first-order chi connectivity index (χ1) is 12.6. The third-order valence-corrected chi connectivity index (χ3v) is 6.96. The number of hydrogen-bond donors (Lipinski definition) is 5. The van der Waals surface area contributed by atoms with Crippen LogP contribution in [0.15, 0.2) is 0 Å². The van der Waals surface area contributed by atoms with Gasteiger partial charge >= 0.3 is 21.2 Å². The molecule has 4 unspecified atom stereocenters. The summed E-state index contributed by atoms with van der Waals surface area (Å²) in [5.41, 5.74) is -0.831. The largest absolute Gasteiger partial charge is 0.390 e. The van der Waals surface area contributed by atoms with Crippen molar-refractivity contribution in [2.24, 2.45) is 11.3 Å². The summed E-state index contributed by atoms with van der Waals surface area (Å²) in [5, 5.41) is 33.5. The van der Waals surface area contributed by atoms with Crippen LogP contribution in [0, 0.1) is 11.3 Å². The normalized spacial score (nSPS) is 32.9. The maximum absolute atomic E-state index is 13.7. The van der Waals surface area contributed by atoms with Gasteiger partial charge in [-0.15, -0.1) is 0 Å². The summed E-state index contributed by atoms with van der Waals surface area (Å²) < 4.78 is 62.7. The minimum atomic E-state index is -5.88. The highest BCUT2D eigenvalue weighted by molar-refractivity contribution is 7.86. The topological polar surface area (TPSA) is 145 Å². The Bertz CT molecular complexity index is 652. The van der Waals surface area contributed by atoms with Crippen LogP contribution in [0.5, 0.6) is 0 Å². The van der Waals surface area contributed by atoms with E-state index in [-0.39, 0.29) is 12.0 Å². The molecule has 166 valence electrons. The summed E-state index contributed by atoms with van der Waals surface area (Å²) in [6, 6.07) is 0. The van der Waals surface area contributed by atoms with E-state index in [1.54, 1.807) is 0 Å². The van der Waals surface area contributed by atoms with Crippen LogP contribution >= 0.6 is 0 Å². The number of aliphatic hydroxyl groups excluding tert-OH is 1. The molecule has 0 aliphatic heterocycles. The molecule has 4 atom stereocenters. The van der Waals surface area contributed by atoms with Crippen LogP contribution in [0.25, 0.3) is 0 Å². The Morgan fingerprint density at radius 2 is 1.93 bits per heavy atom. The Balaban J connectivity index is 1.83. The number of rotatable bonds is 9. The maximum Gasteiger partial charge on any atom is 0.360 e. The summed E-state index contributed by atoms with van der Waals surface area (Å²) in [6.45, 7) is 1.41. The van der Waals surface area contributed by atoms with E-state index in [9.17, 15) is 27.4 Å². The van der Waals surface area contributed by atoms with E-state index >= 15 is 0 Å². The van der Waals surface area contributed by atoms with E-state index < -0.39 is 45.9 Å². The smallest absolute Gasteiger partial charge is 0.360 e. The second-order valence-electron chi connectivity index (χ2n) is 8.81. The maximum atomic E-state index is 13.7. The molecule has 0 amide bonds. The molecule has 11 heteroatoms. The lowest BCUT2D eigenvalue weighted by Gasteiger charge is -2.51. The third-order valence-electron chi connectivity index (χ3n) is 5.94. The zero-order valence-electron chi connectivity index (χ0n) is 15.9. The van der Waals surface area contributed by atoms with Gasteiger partial charge in [0.2, 0.25) is 0 Å². The zero-order valence-corrected chi connectivity index (χ0v) is 16.7. The molecular formula is C17H30F2O8S. The molecule has 5 N–H and O–H groups in total. The number of fused-ring (bicyclic) bond motifs is 2. The standard InChI is InChI=1S/C17H30F2O8S/c1-14(21)7-12-3-2-4-15(8-12,11-14)5-6-27-10-13(20)9-16(18,19)17(22,23)28(24,25)26/h12-13,20-23H,2-11H2,1H3,(H,24,25,26). The highest BCUT2D eigenvalue weighted by Gasteiger charge is 2.61. The molecule has 0 saturated heterocycles.